The molecule has 0 radical (unpaired) electrons. The van der Waals surface area contributed by atoms with Crippen LogP contribution in [0.2, 0.25) is 0 Å². The van der Waals surface area contributed by atoms with Crippen LogP contribution in [0.1, 0.15) is 12.5 Å². The van der Waals surface area contributed by atoms with E-state index in [1.165, 1.54) is 0 Å². The number of nitrogens with one attached hydrogen (secondary N) is 1. The first-order chi connectivity index (χ1) is 7.59. The molecule has 0 saturated carbocycles. The lowest BCUT2D eigenvalue weighted by Gasteiger charge is -2.17. The van der Waals surface area contributed by atoms with Crippen molar-refractivity contribution in [1.29, 1.82) is 5.41 Å². The second-order valence-corrected chi connectivity index (χ2v) is 3.79. The lowest BCUT2D eigenvalue weighted by atomic mass is 10.2. The van der Waals surface area contributed by atoms with Crippen molar-refractivity contribution in [3.8, 4) is 0 Å². The molecule has 0 spiro atoms. The topological polar surface area (TPSA) is 36.3 Å². The third-order valence-electron chi connectivity index (χ3n) is 2.06. The molecule has 0 aliphatic rings. The monoisotopic (exact) mass is 218 g/mol. The Labute approximate surface area is 96.9 Å². The Kier molecular flexibility index (Phi) is 4.58. The van der Waals surface area contributed by atoms with Gasteiger partial charge in [0.15, 0.2) is 0 Å². The van der Waals surface area contributed by atoms with Gasteiger partial charge in [0.05, 0.1) is 0 Å². The summed E-state index contributed by atoms with van der Waals surface area (Å²) in [5.74, 6) is 0. The molecule has 16 heavy (non-hydrogen) atoms. The number of amidine groups is 1. The summed E-state index contributed by atoms with van der Waals surface area (Å²) in [6, 6.07) is 10.2. The number of rotatable bonds is 3. The van der Waals surface area contributed by atoms with Crippen LogP contribution in [-0.4, -0.2) is 31.1 Å². The number of hydrogen-bond acceptors (Lipinski definition) is 2. The van der Waals surface area contributed by atoms with Crippen molar-refractivity contribution >= 4 is 12.1 Å². The molecule has 86 valence electrons. The van der Waals surface area contributed by atoms with Crippen LogP contribution < -0.4 is 0 Å². The average molecular weight is 218 g/mol. The molecule has 1 aromatic rings. The number of ether oxygens (including phenoxy) is 1. The summed E-state index contributed by atoms with van der Waals surface area (Å²) in [6.07, 6.45) is 3.83. The van der Waals surface area contributed by atoms with E-state index >= 15 is 0 Å². The summed E-state index contributed by atoms with van der Waals surface area (Å²) in [4.78, 5) is 1.63. The zero-order valence-electron chi connectivity index (χ0n) is 9.97. The Hall–Kier alpha value is -1.77. The lowest BCUT2D eigenvalue weighted by molar-refractivity contribution is 0.214. The van der Waals surface area contributed by atoms with E-state index in [0.29, 0.717) is 0 Å². The Morgan fingerprint density at radius 3 is 2.50 bits per heavy atom. The third-order valence-corrected chi connectivity index (χ3v) is 2.06. The van der Waals surface area contributed by atoms with E-state index in [0.717, 1.165) is 5.56 Å². The quantitative estimate of drug-likeness (QED) is 0.625. The van der Waals surface area contributed by atoms with Crippen LogP contribution in [0.5, 0.6) is 0 Å². The van der Waals surface area contributed by atoms with Crippen LogP contribution in [-0.2, 0) is 4.74 Å². The van der Waals surface area contributed by atoms with Crippen molar-refractivity contribution in [3.05, 3.63) is 42.0 Å². The van der Waals surface area contributed by atoms with Crippen molar-refractivity contribution in [2.75, 3.05) is 14.1 Å². The van der Waals surface area contributed by atoms with Crippen LogP contribution in [0.15, 0.2) is 36.4 Å². The van der Waals surface area contributed by atoms with Gasteiger partial charge in [-0.2, -0.15) is 0 Å². The predicted molar refractivity (Wildman–Crippen MR) is 67.4 cm³/mol. The van der Waals surface area contributed by atoms with E-state index in [9.17, 15) is 0 Å². The number of nitrogens with zero attached hydrogens (tertiary/aromatic N) is 1. The standard InChI is InChI=1S/C13H18N2O/c1-11(16-13(14)15(2)3)9-10-12-7-5-4-6-8-12/h4-11,14H,1-3H3/b10-9+,14-13?. The summed E-state index contributed by atoms with van der Waals surface area (Å²) in [5.41, 5.74) is 1.13. The first kappa shape index (κ1) is 12.3. The van der Waals surface area contributed by atoms with Crippen LogP contribution >= 0.6 is 0 Å². The molecule has 0 aliphatic heterocycles. The van der Waals surface area contributed by atoms with Gasteiger partial charge >= 0.3 is 0 Å². The van der Waals surface area contributed by atoms with Crippen molar-refractivity contribution in [2.45, 2.75) is 13.0 Å². The predicted octanol–water partition coefficient (Wildman–Crippen LogP) is 2.60. The summed E-state index contributed by atoms with van der Waals surface area (Å²) < 4.78 is 5.36. The van der Waals surface area contributed by atoms with Crippen molar-refractivity contribution in [1.82, 2.24) is 4.90 Å². The van der Waals surface area contributed by atoms with Gasteiger partial charge in [-0.1, -0.05) is 36.4 Å². The molecule has 3 nitrogen and oxygen atoms in total. The first-order valence-corrected chi connectivity index (χ1v) is 5.25. The number of benzene rings is 1. The molecule has 0 aromatic heterocycles. The second-order valence-electron chi connectivity index (χ2n) is 3.79. The second kappa shape index (κ2) is 5.95. The van der Waals surface area contributed by atoms with Crippen molar-refractivity contribution < 1.29 is 4.74 Å². The summed E-state index contributed by atoms with van der Waals surface area (Å²) >= 11 is 0. The van der Waals surface area contributed by atoms with E-state index in [-0.39, 0.29) is 12.1 Å². The average Bonchev–Trinajstić information content (AvgIpc) is 2.27. The fourth-order valence-electron chi connectivity index (χ4n) is 1.13. The minimum Gasteiger partial charge on any atom is -0.458 e. The smallest absolute Gasteiger partial charge is 0.284 e. The van der Waals surface area contributed by atoms with Crippen molar-refractivity contribution in [3.63, 3.8) is 0 Å². The summed E-state index contributed by atoms with van der Waals surface area (Å²) in [7, 11) is 3.58. The molecule has 3 heteroatoms. The van der Waals surface area contributed by atoms with Gasteiger partial charge in [-0.15, -0.1) is 0 Å². The van der Waals surface area contributed by atoms with Crippen LogP contribution in [0, 0.1) is 5.41 Å². The first-order valence-electron chi connectivity index (χ1n) is 5.25. The van der Waals surface area contributed by atoms with E-state index in [1.807, 2.05) is 49.4 Å². The van der Waals surface area contributed by atoms with E-state index in [4.69, 9.17) is 10.1 Å². The maximum Gasteiger partial charge on any atom is 0.284 e. The van der Waals surface area contributed by atoms with E-state index in [1.54, 1.807) is 19.0 Å². The van der Waals surface area contributed by atoms with Gasteiger partial charge in [0.25, 0.3) is 6.02 Å². The zero-order valence-corrected chi connectivity index (χ0v) is 9.97. The third kappa shape index (κ3) is 4.17. The van der Waals surface area contributed by atoms with Crippen LogP contribution in [0.4, 0.5) is 0 Å². The van der Waals surface area contributed by atoms with Gasteiger partial charge < -0.3 is 9.64 Å². The van der Waals surface area contributed by atoms with Gasteiger partial charge in [-0.05, 0) is 18.6 Å². The molecule has 1 atom stereocenters. The molecular formula is C13H18N2O. The maximum atomic E-state index is 7.53. The van der Waals surface area contributed by atoms with Gasteiger partial charge in [0, 0.05) is 14.1 Å². The summed E-state index contributed by atoms with van der Waals surface area (Å²) in [6.45, 7) is 1.91. The highest BCUT2D eigenvalue weighted by atomic mass is 16.5. The SMILES string of the molecule is CC(/C=C/c1ccccc1)OC(=N)N(C)C. The number of hydrogen-bond donors (Lipinski definition) is 1. The molecule has 0 aliphatic carbocycles. The largest absolute Gasteiger partial charge is 0.458 e. The fourth-order valence-corrected chi connectivity index (χ4v) is 1.13. The highest BCUT2D eigenvalue weighted by molar-refractivity contribution is 5.70. The molecule has 0 saturated heterocycles. The van der Waals surface area contributed by atoms with Gasteiger partial charge in [0.2, 0.25) is 0 Å². The molecule has 0 bridgehead atoms. The molecule has 1 N–H and O–H groups in total. The summed E-state index contributed by atoms with van der Waals surface area (Å²) in [5, 5.41) is 7.53. The Morgan fingerprint density at radius 2 is 1.94 bits per heavy atom. The fraction of sp³-hybridized carbons (Fsp3) is 0.308. The van der Waals surface area contributed by atoms with Crippen LogP contribution in [0.3, 0.4) is 0 Å². The Bertz CT molecular complexity index is 357. The van der Waals surface area contributed by atoms with Gasteiger partial charge in [0.1, 0.15) is 6.10 Å². The zero-order chi connectivity index (χ0) is 12.0. The van der Waals surface area contributed by atoms with Crippen LogP contribution in [0.25, 0.3) is 6.08 Å². The normalized spacial score (nSPS) is 12.4. The molecule has 1 rings (SSSR count). The minimum absolute atomic E-state index is 0.102. The van der Waals surface area contributed by atoms with Gasteiger partial charge in [-0.3, -0.25) is 5.41 Å². The molecule has 0 fully saturated rings. The minimum atomic E-state index is -0.102. The molecule has 1 unspecified atom stereocenters. The van der Waals surface area contributed by atoms with E-state index in [2.05, 4.69) is 0 Å². The molecule has 1 aromatic carbocycles. The Balaban J connectivity index is 2.49. The Morgan fingerprint density at radius 1 is 1.31 bits per heavy atom. The highest BCUT2D eigenvalue weighted by Crippen LogP contribution is 2.04. The maximum absolute atomic E-state index is 7.53. The van der Waals surface area contributed by atoms with Crippen molar-refractivity contribution in [2.24, 2.45) is 0 Å². The molecule has 0 heterocycles. The molecular weight excluding hydrogens is 200 g/mol. The van der Waals surface area contributed by atoms with E-state index < -0.39 is 0 Å². The van der Waals surface area contributed by atoms with Gasteiger partial charge in [-0.25, -0.2) is 0 Å². The highest BCUT2D eigenvalue weighted by Gasteiger charge is 2.03. The lowest BCUT2D eigenvalue weighted by Crippen LogP contribution is -2.26. The molecule has 0 amide bonds.